The SMILES string of the molecule is CCCOC(OC(C)C)(SC)C(OCC)N(C(=O)C#N)[N+](=O)[S-]. The molecule has 0 bridgehead atoms. The first-order valence-electron chi connectivity index (χ1n) is 7.15. The molecule has 0 aromatic heterocycles. The Bertz CT molecular complexity index is 444. The number of nitrogens with zero attached hydrogens (tertiary/aromatic N) is 3. The van der Waals surface area contributed by atoms with Crippen LogP contribution in [0.4, 0.5) is 0 Å². The molecule has 23 heavy (non-hydrogen) atoms. The molecular weight excluding hydrogens is 342 g/mol. The van der Waals surface area contributed by atoms with Crippen LogP contribution in [-0.4, -0.2) is 52.1 Å². The van der Waals surface area contributed by atoms with Gasteiger partial charge in [-0.3, -0.25) is 4.79 Å². The van der Waals surface area contributed by atoms with Gasteiger partial charge in [-0.05, 0) is 38.5 Å². The fourth-order valence-corrected chi connectivity index (χ4v) is 2.76. The van der Waals surface area contributed by atoms with E-state index in [4.69, 9.17) is 19.5 Å². The van der Waals surface area contributed by atoms with Gasteiger partial charge < -0.3 is 27.0 Å². The molecule has 0 radical (unpaired) electrons. The van der Waals surface area contributed by atoms with Crippen LogP contribution in [-0.2, 0) is 31.8 Å². The molecule has 132 valence electrons. The number of hydrazine groups is 1. The van der Waals surface area contributed by atoms with Gasteiger partial charge in [-0.2, -0.15) is 5.26 Å². The van der Waals surface area contributed by atoms with Crippen LogP contribution >= 0.6 is 11.8 Å². The minimum atomic E-state index is -1.49. The second-order valence-electron chi connectivity index (χ2n) is 4.63. The molecule has 0 aromatic rings. The smallest absolute Gasteiger partial charge is 0.348 e. The normalized spacial score (nSPS) is 14.8. The standard InChI is InChI=1S/C13H23N3O5S2/c1-6-8-20-13(23-5,21-10(3)4)12(19-7-2)15(16(18)22)11(17)9-14/h10,12H,6-8H2,1-5H3. The van der Waals surface area contributed by atoms with E-state index in [1.54, 1.807) is 27.0 Å². The van der Waals surface area contributed by atoms with Crippen LogP contribution in [0.25, 0.3) is 0 Å². The second-order valence-corrected chi connectivity index (χ2v) is 5.92. The van der Waals surface area contributed by atoms with E-state index in [9.17, 15) is 9.70 Å². The zero-order chi connectivity index (χ0) is 18.0. The predicted octanol–water partition coefficient (Wildman–Crippen LogP) is 1.73. The molecule has 8 nitrogen and oxygen atoms in total. The molecule has 0 N–H and O–H groups in total. The molecule has 0 heterocycles. The summed E-state index contributed by atoms with van der Waals surface area (Å²) in [5, 5.41) is 7.86. The maximum Gasteiger partial charge on any atom is 0.383 e. The molecule has 0 saturated carbocycles. The average Bonchev–Trinajstić information content (AvgIpc) is 2.50. The topological polar surface area (TPSA) is 91.9 Å². The summed E-state index contributed by atoms with van der Waals surface area (Å²) in [4.78, 5) is 23.5. The van der Waals surface area contributed by atoms with Gasteiger partial charge in [-0.1, -0.05) is 18.7 Å². The van der Waals surface area contributed by atoms with Gasteiger partial charge in [0.05, 0.1) is 12.7 Å². The maximum absolute atomic E-state index is 11.8. The van der Waals surface area contributed by atoms with Crippen LogP contribution in [0.5, 0.6) is 0 Å². The summed E-state index contributed by atoms with van der Waals surface area (Å²) >= 11 is 5.63. The van der Waals surface area contributed by atoms with Gasteiger partial charge in [-0.15, -0.1) is 0 Å². The summed E-state index contributed by atoms with van der Waals surface area (Å²) in [6.07, 6.45) is 0.784. The molecule has 0 aliphatic heterocycles. The van der Waals surface area contributed by atoms with Crippen molar-refractivity contribution in [2.45, 2.75) is 51.6 Å². The second kappa shape index (κ2) is 10.7. The zero-order valence-electron chi connectivity index (χ0n) is 14.0. The van der Waals surface area contributed by atoms with Crippen LogP contribution < -0.4 is 0 Å². The maximum atomic E-state index is 11.8. The monoisotopic (exact) mass is 365 g/mol. The van der Waals surface area contributed by atoms with Crippen molar-refractivity contribution in [2.75, 3.05) is 19.5 Å². The first-order chi connectivity index (χ1) is 10.8. The first kappa shape index (κ1) is 22.0. The number of ether oxygens (including phenoxy) is 3. The van der Waals surface area contributed by atoms with Gasteiger partial charge in [0.15, 0.2) is 6.07 Å². The van der Waals surface area contributed by atoms with E-state index >= 15 is 0 Å². The highest BCUT2D eigenvalue weighted by molar-refractivity contribution is 7.99. The number of carbonyl (C=O) groups is 1. The van der Waals surface area contributed by atoms with Gasteiger partial charge in [0.1, 0.15) is 0 Å². The number of nitriles is 1. The quantitative estimate of drug-likeness (QED) is 0.180. The molecule has 10 heteroatoms. The van der Waals surface area contributed by atoms with Gasteiger partial charge >= 0.3 is 5.91 Å². The van der Waals surface area contributed by atoms with Crippen molar-refractivity contribution in [3.63, 3.8) is 0 Å². The number of rotatable bonds is 11. The Morgan fingerprint density at radius 3 is 2.43 bits per heavy atom. The molecule has 1 amide bonds. The first-order valence-corrected chi connectivity index (χ1v) is 8.74. The Morgan fingerprint density at radius 1 is 1.48 bits per heavy atom. The predicted molar refractivity (Wildman–Crippen MR) is 87.6 cm³/mol. The van der Waals surface area contributed by atoms with E-state index < -0.39 is 17.3 Å². The van der Waals surface area contributed by atoms with Crippen molar-refractivity contribution >= 4 is 30.5 Å². The molecule has 2 unspecified atom stereocenters. The van der Waals surface area contributed by atoms with Crippen molar-refractivity contribution in [1.29, 1.82) is 5.26 Å². The van der Waals surface area contributed by atoms with E-state index in [2.05, 4.69) is 12.8 Å². The fourth-order valence-electron chi connectivity index (χ4n) is 1.74. The van der Waals surface area contributed by atoms with Crippen LogP contribution in [0.3, 0.4) is 0 Å². The third-order valence-corrected chi connectivity index (χ3v) is 3.68. The number of hydrogen-bond acceptors (Lipinski definition) is 8. The van der Waals surface area contributed by atoms with Crippen LogP contribution in [0, 0.1) is 16.2 Å². The van der Waals surface area contributed by atoms with E-state index in [1.807, 2.05) is 6.92 Å². The Morgan fingerprint density at radius 2 is 2.09 bits per heavy atom. The summed E-state index contributed by atoms with van der Waals surface area (Å²) in [7, 11) is 0. The Kier molecular flexibility index (Phi) is 10.3. The van der Waals surface area contributed by atoms with E-state index in [0.29, 0.717) is 18.0 Å². The van der Waals surface area contributed by atoms with E-state index in [1.165, 1.54) is 6.07 Å². The summed E-state index contributed by atoms with van der Waals surface area (Å²) in [5.74, 6) is -1.15. The van der Waals surface area contributed by atoms with Crippen molar-refractivity contribution in [3.05, 3.63) is 4.91 Å². The summed E-state index contributed by atoms with van der Waals surface area (Å²) in [6, 6.07) is 1.37. The lowest BCUT2D eigenvalue weighted by atomic mass is 10.4. The largest absolute Gasteiger partial charge is 0.383 e. The summed E-state index contributed by atoms with van der Waals surface area (Å²) in [6.45, 7) is 7.61. The number of hydrogen-bond donors (Lipinski definition) is 0. The lowest BCUT2D eigenvalue weighted by Gasteiger charge is -2.40. The van der Waals surface area contributed by atoms with E-state index in [-0.39, 0.29) is 17.0 Å². The molecule has 0 saturated heterocycles. The molecule has 0 aromatic carbocycles. The van der Waals surface area contributed by atoms with Gasteiger partial charge in [-0.25, -0.2) is 0 Å². The van der Waals surface area contributed by atoms with Crippen molar-refractivity contribution in [1.82, 2.24) is 5.01 Å². The molecule has 0 rings (SSSR count). The van der Waals surface area contributed by atoms with Crippen LogP contribution in [0.15, 0.2) is 0 Å². The number of amides is 1. The van der Waals surface area contributed by atoms with Gasteiger partial charge in [0.25, 0.3) is 11.3 Å². The van der Waals surface area contributed by atoms with Crippen molar-refractivity contribution < 1.29 is 23.3 Å². The van der Waals surface area contributed by atoms with Crippen molar-refractivity contribution in [3.8, 4) is 6.07 Å². The third kappa shape index (κ3) is 6.19. The Labute approximate surface area is 146 Å². The van der Waals surface area contributed by atoms with Gasteiger partial charge in [0.2, 0.25) is 0 Å². The lowest BCUT2D eigenvalue weighted by Crippen LogP contribution is -2.59. The highest BCUT2D eigenvalue weighted by Gasteiger charge is 2.52. The average molecular weight is 365 g/mol. The van der Waals surface area contributed by atoms with Crippen LogP contribution in [0.2, 0.25) is 0 Å². The number of thioether (sulfide) groups is 1. The summed E-state index contributed by atoms with van der Waals surface area (Å²) in [5.41, 5.74) is 0. The fraction of sp³-hybridized carbons (Fsp3) is 0.846. The third-order valence-electron chi connectivity index (χ3n) is 2.52. The highest BCUT2D eigenvalue weighted by Crippen LogP contribution is 2.35. The molecule has 0 spiro atoms. The molecule has 0 aliphatic rings. The summed E-state index contributed by atoms with van der Waals surface area (Å²) < 4.78 is 17.0. The minimum absolute atomic E-state index is 0.155. The van der Waals surface area contributed by atoms with Gasteiger partial charge in [0, 0.05) is 15.8 Å². The lowest BCUT2D eigenvalue weighted by molar-refractivity contribution is -0.583. The van der Waals surface area contributed by atoms with E-state index in [0.717, 1.165) is 11.8 Å². The number of nitroso groups, excluding NO2 is 1. The Hall–Kier alpha value is -0.990. The minimum Gasteiger partial charge on any atom is -0.348 e. The Balaban J connectivity index is 5.95. The zero-order valence-corrected chi connectivity index (χ0v) is 15.6. The highest BCUT2D eigenvalue weighted by atomic mass is 32.2. The molecule has 2 atom stereocenters. The van der Waals surface area contributed by atoms with Crippen molar-refractivity contribution in [2.24, 2.45) is 0 Å². The molecular formula is C13H23N3O5S2. The molecule has 0 aliphatic carbocycles. The number of carbonyl (C=O) groups excluding carboxylic acids is 1. The van der Waals surface area contributed by atoms with Crippen LogP contribution in [0.1, 0.15) is 34.1 Å². The molecule has 0 fully saturated rings.